The number of benzene rings is 2. The van der Waals surface area contributed by atoms with E-state index in [0.717, 1.165) is 31.4 Å². The zero-order valence-corrected chi connectivity index (χ0v) is 18.8. The number of amides is 3. The molecule has 0 saturated carbocycles. The van der Waals surface area contributed by atoms with Gasteiger partial charge in [-0.2, -0.15) is 0 Å². The second-order valence-corrected chi connectivity index (χ2v) is 8.84. The Labute approximate surface area is 192 Å². The molecule has 6 nitrogen and oxygen atoms in total. The molecular formula is C23H25Cl2N3O3. The van der Waals surface area contributed by atoms with Crippen LogP contribution < -0.4 is 10.1 Å². The molecule has 2 saturated heterocycles. The number of hydrogen-bond acceptors (Lipinski definition) is 4. The molecule has 2 aliphatic heterocycles. The average Bonchev–Trinajstić information content (AvgIpc) is 3.04. The molecule has 2 aliphatic rings. The molecule has 8 heteroatoms. The third-order valence-corrected chi connectivity index (χ3v) is 6.55. The Morgan fingerprint density at radius 1 is 1.10 bits per heavy atom. The molecule has 164 valence electrons. The van der Waals surface area contributed by atoms with Gasteiger partial charge in [0.2, 0.25) is 0 Å². The van der Waals surface area contributed by atoms with Crippen LogP contribution in [0.4, 0.5) is 4.79 Å². The standard InChI is InChI=1S/C23H25Cl2N3O3/c1-15(21-7-2-3-10-26-21)28-22(29)14-27(23(28)30)13-16-5-4-6-17(11-16)31-18-8-9-19(24)20(25)12-18/h4-6,8-9,11-12,15,21,26H,2-3,7,10,13-14H2,1H3. The SMILES string of the molecule is CC(C1CCCCN1)N1C(=O)CN(Cc2cccc(Oc3ccc(Cl)c(Cl)c3)c2)C1=O. The van der Waals surface area contributed by atoms with Gasteiger partial charge >= 0.3 is 6.03 Å². The fraction of sp³-hybridized carbons (Fsp3) is 0.391. The number of halogens is 2. The Morgan fingerprint density at radius 3 is 2.65 bits per heavy atom. The molecule has 31 heavy (non-hydrogen) atoms. The number of hydrogen-bond donors (Lipinski definition) is 1. The number of urea groups is 1. The minimum atomic E-state index is -0.235. The lowest BCUT2D eigenvalue weighted by Crippen LogP contribution is -2.52. The zero-order valence-electron chi connectivity index (χ0n) is 17.3. The molecule has 1 N–H and O–H groups in total. The number of carbonyl (C=O) groups is 2. The Morgan fingerprint density at radius 2 is 1.90 bits per heavy atom. The van der Waals surface area contributed by atoms with Gasteiger partial charge in [-0.3, -0.25) is 9.69 Å². The number of rotatable bonds is 6. The van der Waals surface area contributed by atoms with Crippen molar-refractivity contribution in [2.24, 2.45) is 0 Å². The van der Waals surface area contributed by atoms with E-state index in [2.05, 4.69) is 5.32 Å². The largest absolute Gasteiger partial charge is 0.457 e. The van der Waals surface area contributed by atoms with E-state index in [-0.39, 0.29) is 30.6 Å². The summed E-state index contributed by atoms with van der Waals surface area (Å²) in [5.74, 6) is 1.04. The monoisotopic (exact) mass is 461 g/mol. The Balaban J connectivity index is 1.43. The average molecular weight is 462 g/mol. The first-order valence-electron chi connectivity index (χ1n) is 10.5. The van der Waals surface area contributed by atoms with Crippen molar-refractivity contribution in [2.45, 2.75) is 44.8 Å². The highest BCUT2D eigenvalue weighted by Gasteiger charge is 2.41. The van der Waals surface area contributed by atoms with E-state index in [4.69, 9.17) is 27.9 Å². The van der Waals surface area contributed by atoms with E-state index < -0.39 is 0 Å². The van der Waals surface area contributed by atoms with E-state index in [1.807, 2.05) is 31.2 Å². The predicted molar refractivity (Wildman–Crippen MR) is 121 cm³/mol. The third kappa shape index (κ3) is 4.97. The first-order valence-corrected chi connectivity index (χ1v) is 11.2. The molecule has 2 fully saturated rings. The lowest BCUT2D eigenvalue weighted by molar-refractivity contribution is -0.127. The van der Waals surface area contributed by atoms with Crippen LogP contribution >= 0.6 is 23.2 Å². The summed E-state index contributed by atoms with van der Waals surface area (Å²) < 4.78 is 5.87. The van der Waals surface area contributed by atoms with Crippen LogP contribution in [-0.2, 0) is 11.3 Å². The summed E-state index contributed by atoms with van der Waals surface area (Å²) in [7, 11) is 0. The molecule has 0 bridgehead atoms. The molecule has 0 spiro atoms. The van der Waals surface area contributed by atoms with E-state index in [1.54, 1.807) is 23.1 Å². The normalized spacial score (nSPS) is 20.3. The van der Waals surface area contributed by atoms with Crippen LogP contribution in [0.2, 0.25) is 10.0 Å². The minimum absolute atomic E-state index is 0.0910. The fourth-order valence-corrected chi connectivity index (χ4v) is 4.45. The summed E-state index contributed by atoms with van der Waals surface area (Å²) in [5, 5.41) is 4.32. The molecule has 0 aliphatic carbocycles. The van der Waals surface area contributed by atoms with Gasteiger partial charge in [0, 0.05) is 18.7 Å². The summed E-state index contributed by atoms with van der Waals surface area (Å²) in [6.07, 6.45) is 3.23. The first kappa shape index (κ1) is 21.9. The van der Waals surface area contributed by atoms with Crippen LogP contribution in [0.1, 0.15) is 31.7 Å². The molecule has 2 heterocycles. The van der Waals surface area contributed by atoms with Crippen molar-refractivity contribution in [3.8, 4) is 11.5 Å². The quantitative estimate of drug-likeness (QED) is 0.609. The van der Waals surface area contributed by atoms with Gasteiger partial charge in [0.15, 0.2) is 0 Å². The Hall–Kier alpha value is -2.28. The van der Waals surface area contributed by atoms with E-state index >= 15 is 0 Å². The van der Waals surface area contributed by atoms with Gasteiger partial charge in [-0.15, -0.1) is 0 Å². The number of imide groups is 1. The highest BCUT2D eigenvalue weighted by atomic mass is 35.5. The maximum Gasteiger partial charge on any atom is 0.327 e. The summed E-state index contributed by atoms with van der Waals surface area (Å²) in [5.41, 5.74) is 0.879. The Kier molecular flexibility index (Phi) is 6.70. The van der Waals surface area contributed by atoms with E-state index in [1.165, 1.54) is 4.90 Å². The summed E-state index contributed by atoms with van der Waals surface area (Å²) in [4.78, 5) is 28.6. The van der Waals surface area contributed by atoms with Crippen molar-refractivity contribution >= 4 is 35.1 Å². The van der Waals surface area contributed by atoms with Crippen LogP contribution in [0.3, 0.4) is 0 Å². The lowest BCUT2D eigenvalue weighted by Gasteiger charge is -2.33. The maximum atomic E-state index is 13.0. The second kappa shape index (κ2) is 9.47. The van der Waals surface area contributed by atoms with Crippen molar-refractivity contribution in [1.29, 1.82) is 0 Å². The maximum absolute atomic E-state index is 13.0. The summed E-state index contributed by atoms with van der Waals surface area (Å²) >= 11 is 12.0. The van der Waals surface area contributed by atoms with Crippen molar-refractivity contribution in [3.05, 3.63) is 58.1 Å². The van der Waals surface area contributed by atoms with E-state index in [0.29, 0.717) is 28.1 Å². The summed E-state index contributed by atoms with van der Waals surface area (Å²) in [6, 6.07) is 12.3. The zero-order chi connectivity index (χ0) is 22.0. The van der Waals surface area contributed by atoms with Gasteiger partial charge < -0.3 is 15.0 Å². The van der Waals surface area contributed by atoms with Gasteiger partial charge in [0.1, 0.15) is 18.0 Å². The van der Waals surface area contributed by atoms with Crippen molar-refractivity contribution in [1.82, 2.24) is 15.1 Å². The summed E-state index contributed by atoms with van der Waals surface area (Å²) in [6.45, 7) is 3.31. The molecule has 2 aromatic rings. The fourth-order valence-electron chi connectivity index (χ4n) is 4.17. The van der Waals surface area contributed by atoms with Gasteiger partial charge in [-0.25, -0.2) is 4.79 Å². The minimum Gasteiger partial charge on any atom is -0.457 e. The smallest absolute Gasteiger partial charge is 0.327 e. The molecule has 4 rings (SSSR count). The first-order chi connectivity index (χ1) is 14.9. The van der Waals surface area contributed by atoms with Crippen LogP contribution in [0.25, 0.3) is 0 Å². The lowest BCUT2D eigenvalue weighted by atomic mass is 9.98. The molecular weight excluding hydrogens is 437 g/mol. The van der Waals surface area contributed by atoms with Crippen LogP contribution in [-0.4, -0.2) is 46.9 Å². The van der Waals surface area contributed by atoms with Crippen molar-refractivity contribution in [2.75, 3.05) is 13.1 Å². The van der Waals surface area contributed by atoms with Gasteiger partial charge in [-0.05, 0) is 56.1 Å². The number of piperidine rings is 1. The highest BCUT2D eigenvalue weighted by molar-refractivity contribution is 6.42. The van der Waals surface area contributed by atoms with Crippen molar-refractivity contribution in [3.63, 3.8) is 0 Å². The van der Waals surface area contributed by atoms with Gasteiger partial charge in [0.05, 0.1) is 16.1 Å². The number of carbonyl (C=O) groups excluding carboxylic acids is 2. The van der Waals surface area contributed by atoms with Crippen molar-refractivity contribution < 1.29 is 14.3 Å². The van der Waals surface area contributed by atoms with Gasteiger partial charge in [0.25, 0.3) is 5.91 Å². The molecule has 2 atom stereocenters. The van der Waals surface area contributed by atoms with Gasteiger partial charge in [-0.1, -0.05) is 41.8 Å². The van der Waals surface area contributed by atoms with Crippen LogP contribution in [0, 0.1) is 0 Å². The topological polar surface area (TPSA) is 61.9 Å². The van der Waals surface area contributed by atoms with Crippen LogP contribution in [0.5, 0.6) is 11.5 Å². The number of nitrogens with one attached hydrogen (secondary N) is 1. The van der Waals surface area contributed by atoms with E-state index in [9.17, 15) is 9.59 Å². The molecule has 0 aromatic heterocycles. The third-order valence-electron chi connectivity index (χ3n) is 5.81. The predicted octanol–water partition coefficient (Wildman–Crippen LogP) is 5.08. The van der Waals surface area contributed by atoms with Crippen LogP contribution in [0.15, 0.2) is 42.5 Å². The highest BCUT2D eigenvalue weighted by Crippen LogP contribution is 2.30. The Bertz CT molecular complexity index is 978. The number of ether oxygens (including phenoxy) is 1. The molecule has 0 radical (unpaired) electrons. The molecule has 2 unspecified atom stereocenters. The molecule has 3 amide bonds. The second-order valence-electron chi connectivity index (χ2n) is 8.02. The number of nitrogens with zero attached hydrogens (tertiary/aromatic N) is 2. The molecule has 2 aromatic carbocycles.